The maximum Gasteiger partial charge on any atom is 0.152 e. The molecular weight excluding hydrogens is 241 g/mol. The number of rotatable bonds is 4. The van der Waals surface area contributed by atoms with Crippen LogP contribution >= 0.6 is 11.6 Å². The number of benzene rings is 1. The van der Waals surface area contributed by atoms with Crippen molar-refractivity contribution in [1.29, 1.82) is 0 Å². The third kappa shape index (κ3) is 2.68. The lowest BCUT2D eigenvalue weighted by atomic mass is 10.1. The molecule has 0 fully saturated rings. The highest BCUT2D eigenvalue weighted by Crippen LogP contribution is 2.28. The quantitative estimate of drug-likeness (QED) is 0.895. The van der Waals surface area contributed by atoms with Gasteiger partial charge in [-0.1, -0.05) is 24.6 Å². The van der Waals surface area contributed by atoms with E-state index in [1.807, 2.05) is 13.0 Å². The van der Waals surface area contributed by atoms with E-state index in [0.717, 1.165) is 12.3 Å². The Balaban J connectivity index is 2.27. The van der Waals surface area contributed by atoms with Crippen molar-refractivity contribution in [1.82, 2.24) is 5.32 Å². The highest BCUT2D eigenvalue weighted by atomic mass is 35.5. The van der Waals surface area contributed by atoms with Crippen LogP contribution in [0.25, 0.3) is 11.3 Å². The zero-order valence-electron chi connectivity index (χ0n) is 9.47. The maximum atomic E-state index is 13.7. The van der Waals surface area contributed by atoms with Crippen LogP contribution in [-0.2, 0) is 6.54 Å². The summed E-state index contributed by atoms with van der Waals surface area (Å²) < 4.78 is 19.3. The standard InChI is InChI=1S/C13H13ClFNO/c1-2-16-8-9-6-7-12(17-9)10-4-3-5-11(14)13(10)15/h3-7,16H,2,8H2,1H3. The first kappa shape index (κ1) is 12.1. The summed E-state index contributed by atoms with van der Waals surface area (Å²) >= 11 is 5.73. The first-order valence-electron chi connectivity index (χ1n) is 5.46. The summed E-state index contributed by atoms with van der Waals surface area (Å²) in [7, 11) is 0. The Morgan fingerprint density at radius 2 is 2.12 bits per heavy atom. The molecule has 0 bridgehead atoms. The second kappa shape index (κ2) is 5.34. The summed E-state index contributed by atoms with van der Waals surface area (Å²) in [5, 5.41) is 3.25. The van der Waals surface area contributed by atoms with Gasteiger partial charge in [-0.2, -0.15) is 0 Å². The van der Waals surface area contributed by atoms with Crippen LogP contribution < -0.4 is 5.32 Å². The van der Waals surface area contributed by atoms with Gasteiger partial charge in [0.1, 0.15) is 11.5 Å². The van der Waals surface area contributed by atoms with E-state index in [-0.39, 0.29) is 5.02 Å². The van der Waals surface area contributed by atoms with Crippen molar-refractivity contribution in [3.63, 3.8) is 0 Å². The van der Waals surface area contributed by atoms with Crippen LogP contribution in [0.2, 0.25) is 5.02 Å². The molecule has 17 heavy (non-hydrogen) atoms. The van der Waals surface area contributed by atoms with Crippen molar-refractivity contribution in [3.05, 3.63) is 46.9 Å². The largest absolute Gasteiger partial charge is 0.460 e. The fraction of sp³-hybridized carbons (Fsp3) is 0.231. The molecule has 0 saturated carbocycles. The van der Waals surface area contributed by atoms with Gasteiger partial charge in [-0.3, -0.25) is 0 Å². The lowest BCUT2D eigenvalue weighted by Crippen LogP contribution is -2.10. The van der Waals surface area contributed by atoms with Gasteiger partial charge in [-0.05, 0) is 30.8 Å². The van der Waals surface area contributed by atoms with Gasteiger partial charge in [0.2, 0.25) is 0 Å². The number of nitrogens with one attached hydrogen (secondary N) is 1. The van der Waals surface area contributed by atoms with E-state index >= 15 is 0 Å². The number of hydrogen-bond donors (Lipinski definition) is 1. The number of halogens is 2. The molecule has 0 unspecified atom stereocenters. The molecule has 1 aromatic heterocycles. The molecule has 0 atom stereocenters. The lowest BCUT2D eigenvalue weighted by Gasteiger charge is -2.01. The molecule has 90 valence electrons. The van der Waals surface area contributed by atoms with E-state index in [0.29, 0.717) is 17.9 Å². The first-order chi connectivity index (χ1) is 8.22. The Kier molecular flexibility index (Phi) is 3.82. The van der Waals surface area contributed by atoms with Crippen LogP contribution in [0.4, 0.5) is 4.39 Å². The Labute approximate surface area is 104 Å². The number of hydrogen-bond acceptors (Lipinski definition) is 2. The topological polar surface area (TPSA) is 25.2 Å². The molecule has 1 N–H and O–H groups in total. The fourth-order valence-electron chi connectivity index (χ4n) is 1.56. The van der Waals surface area contributed by atoms with Gasteiger partial charge in [0, 0.05) is 0 Å². The summed E-state index contributed by atoms with van der Waals surface area (Å²) in [4.78, 5) is 0. The van der Waals surface area contributed by atoms with Gasteiger partial charge >= 0.3 is 0 Å². The number of furan rings is 1. The summed E-state index contributed by atoms with van der Waals surface area (Å²) in [6.07, 6.45) is 0. The molecule has 0 aliphatic carbocycles. The van der Waals surface area contributed by atoms with Crippen molar-refractivity contribution in [2.75, 3.05) is 6.54 Å². The second-order valence-corrected chi connectivity index (χ2v) is 4.05. The van der Waals surface area contributed by atoms with Gasteiger partial charge in [0.05, 0.1) is 17.1 Å². The van der Waals surface area contributed by atoms with E-state index in [4.69, 9.17) is 16.0 Å². The van der Waals surface area contributed by atoms with E-state index in [2.05, 4.69) is 5.32 Å². The Morgan fingerprint density at radius 3 is 2.88 bits per heavy atom. The van der Waals surface area contributed by atoms with E-state index < -0.39 is 5.82 Å². The van der Waals surface area contributed by atoms with Gasteiger partial charge in [0.25, 0.3) is 0 Å². The highest BCUT2D eigenvalue weighted by molar-refractivity contribution is 6.31. The fourth-order valence-corrected chi connectivity index (χ4v) is 1.73. The minimum Gasteiger partial charge on any atom is -0.460 e. The lowest BCUT2D eigenvalue weighted by molar-refractivity contribution is 0.495. The van der Waals surface area contributed by atoms with Crippen LogP contribution in [0.5, 0.6) is 0 Å². The van der Waals surface area contributed by atoms with E-state index in [1.54, 1.807) is 18.2 Å². The molecule has 4 heteroatoms. The van der Waals surface area contributed by atoms with Crippen LogP contribution in [0, 0.1) is 5.82 Å². The molecule has 1 heterocycles. The molecule has 0 saturated heterocycles. The van der Waals surface area contributed by atoms with E-state index in [9.17, 15) is 4.39 Å². The van der Waals surface area contributed by atoms with Crippen molar-refractivity contribution in [3.8, 4) is 11.3 Å². The van der Waals surface area contributed by atoms with Crippen molar-refractivity contribution >= 4 is 11.6 Å². The van der Waals surface area contributed by atoms with Crippen LogP contribution in [0.1, 0.15) is 12.7 Å². The predicted octanol–water partition coefficient (Wildman–Crippen LogP) is 3.85. The molecule has 0 amide bonds. The Bertz CT molecular complexity index is 510. The molecule has 0 aliphatic heterocycles. The van der Waals surface area contributed by atoms with Gasteiger partial charge in [0.15, 0.2) is 5.82 Å². The summed E-state index contributed by atoms with van der Waals surface area (Å²) in [5.74, 6) is 0.831. The third-order valence-corrected chi connectivity index (χ3v) is 2.72. The average molecular weight is 254 g/mol. The summed E-state index contributed by atoms with van der Waals surface area (Å²) in [6, 6.07) is 8.45. The molecule has 0 spiro atoms. The molecule has 1 aromatic carbocycles. The minimum atomic E-state index is -0.446. The maximum absolute atomic E-state index is 13.7. The first-order valence-corrected chi connectivity index (χ1v) is 5.84. The minimum absolute atomic E-state index is 0.104. The van der Waals surface area contributed by atoms with Crippen molar-refractivity contribution in [2.45, 2.75) is 13.5 Å². The van der Waals surface area contributed by atoms with Gasteiger partial charge in [-0.15, -0.1) is 0 Å². The Morgan fingerprint density at radius 1 is 1.29 bits per heavy atom. The normalized spacial score (nSPS) is 10.8. The molecule has 2 aromatic rings. The monoisotopic (exact) mass is 253 g/mol. The average Bonchev–Trinajstić information content (AvgIpc) is 2.78. The smallest absolute Gasteiger partial charge is 0.152 e. The summed E-state index contributed by atoms with van der Waals surface area (Å²) in [5.41, 5.74) is 0.389. The molecule has 0 aliphatic rings. The van der Waals surface area contributed by atoms with Crippen LogP contribution in [-0.4, -0.2) is 6.54 Å². The zero-order chi connectivity index (χ0) is 12.3. The predicted molar refractivity (Wildman–Crippen MR) is 66.5 cm³/mol. The molecule has 0 radical (unpaired) electrons. The van der Waals surface area contributed by atoms with Crippen molar-refractivity contribution in [2.24, 2.45) is 0 Å². The molecular formula is C13H13ClFNO. The van der Waals surface area contributed by atoms with Gasteiger partial charge in [-0.25, -0.2) is 4.39 Å². The van der Waals surface area contributed by atoms with Crippen molar-refractivity contribution < 1.29 is 8.81 Å². The second-order valence-electron chi connectivity index (χ2n) is 3.65. The van der Waals surface area contributed by atoms with Crippen LogP contribution in [0.3, 0.4) is 0 Å². The highest BCUT2D eigenvalue weighted by Gasteiger charge is 2.11. The zero-order valence-corrected chi connectivity index (χ0v) is 10.2. The molecule has 2 rings (SSSR count). The third-order valence-electron chi connectivity index (χ3n) is 2.43. The van der Waals surface area contributed by atoms with Crippen LogP contribution in [0.15, 0.2) is 34.7 Å². The van der Waals surface area contributed by atoms with Gasteiger partial charge < -0.3 is 9.73 Å². The SMILES string of the molecule is CCNCc1ccc(-c2cccc(Cl)c2F)o1. The Hall–Kier alpha value is -1.32. The molecule has 2 nitrogen and oxygen atoms in total. The summed E-state index contributed by atoms with van der Waals surface area (Å²) in [6.45, 7) is 3.51. The van der Waals surface area contributed by atoms with E-state index in [1.165, 1.54) is 6.07 Å².